The van der Waals surface area contributed by atoms with Gasteiger partial charge in [-0.15, -0.1) is 0 Å². The molecule has 0 aliphatic rings. The molecule has 2 aromatic rings. The number of hydrogen-bond donors (Lipinski definition) is 1. The van der Waals surface area contributed by atoms with E-state index < -0.39 is 0 Å². The topological polar surface area (TPSA) is 61.0 Å². The second-order valence-electron chi connectivity index (χ2n) is 3.69. The maximum absolute atomic E-state index is 5.76. The zero-order chi connectivity index (χ0) is 12.3. The predicted molar refractivity (Wildman–Crippen MR) is 67.8 cm³/mol. The van der Waals surface area contributed by atoms with E-state index in [2.05, 4.69) is 9.97 Å². The minimum absolute atomic E-state index is 0.517. The number of anilines is 1. The van der Waals surface area contributed by atoms with E-state index >= 15 is 0 Å². The van der Waals surface area contributed by atoms with Gasteiger partial charge in [0.15, 0.2) is 0 Å². The van der Waals surface area contributed by atoms with Crippen LogP contribution in [0.1, 0.15) is 12.5 Å². The van der Waals surface area contributed by atoms with Gasteiger partial charge in [0.05, 0.1) is 12.3 Å². The largest absolute Gasteiger partial charge is 0.494 e. The summed E-state index contributed by atoms with van der Waals surface area (Å²) in [6.45, 7) is 4.54. The van der Waals surface area contributed by atoms with Crippen molar-refractivity contribution in [2.75, 3.05) is 12.3 Å². The summed E-state index contributed by atoms with van der Waals surface area (Å²) in [6.07, 6.45) is 1.48. The fourth-order valence-corrected chi connectivity index (χ4v) is 1.63. The minimum atomic E-state index is 0.517. The zero-order valence-corrected chi connectivity index (χ0v) is 9.97. The van der Waals surface area contributed by atoms with Crippen molar-refractivity contribution in [1.29, 1.82) is 0 Å². The molecule has 0 aliphatic carbocycles. The number of benzene rings is 1. The monoisotopic (exact) mass is 229 g/mol. The standard InChI is InChI=1S/C13H15N3O/c1-3-17-11-6-4-10(5-7-11)12-9(2)13(14)16-8-15-12/h4-8H,3H2,1-2H3,(H2,14,15,16). The molecule has 4 heteroatoms. The van der Waals surface area contributed by atoms with Gasteiger partial charge in [-0.05, 0) is 38.1 Å². The summed E-state index contributed by atoms with van der Waals surface area (Å²) >= 11 is 0. The average Bonchev–Trinajstić information content (AvgIpc) is 2.34. The van der Waals surface area contributed by atoms with Crippen LogP contribution in [0.2, 0.25) is 0 Å². The molecule has 0 radical (unpaired) electrons. The second-order valence-corrected chi connectivity index (χ2v) is 3.69. The van der Waals surface area contributed by atoms with Crippen molar-refractivity contribution < 1.29 is 4.74 Å². The summed E-state index contributed by atoms with van der Waals surface area (Å²) in [5.41, 5.74) is 8.54. The van der Waals surface area contributed by atoms with Crippen molar-refractivity contribution in [3.63, 3.8) is 0 Å². The van der Waals surface area contributed by atoms with Gasteiger partial charge in [0.25, 0.3) is 0 Å². The van der Waals surface area contributed by atoms with Gasteiger partial charge in [-0.2, -0.15) is 0 Å². The lowest BCUT2D eigenvalue weighted by Gasteiger charge is -2.07. The lowest BCUT2D eigenvalue weighted by atomic mass is 10.1. The summed E-state index contributed by atoms with van der Waals surface area (Å²) in [5, 5.41) is 0. The lowest BCUT2D eigenvalue weighted by Crippen LogP contribution is -1.98. The smallest absolute Gasteiger partial charge is 0.130 e. The molecule has 0 atom stereocenters. The Hall–Kier alpha value is -2.10. The van der Waals surface area contributed by atoms with Gasteiger partial charge >= 0.3 is 0 Å². The Morgan fingerprint density at radius 3 is 2.53 bits per heavy atom. The van der Waals surface area contributed by atoms with Crippen molar-refractivity contribution in [2.45, 2.75) is 13.8 Å². The van der Waals surface area contributed by atoms with Gasteiger partial charge in [-0.1, -0.05) is 0 Å². The number of hydrogen-bond acceptors (Lipinski definition) is 4. The molecule has 1 heterocycles. The van der Waals surface area contributed by atoms with Crippen LogP contribution in [0.15, 0.2) is 30.6 Å². The molecule has 0 fully saturated rings. The highest BCUT2D eigenvalue weighted by molar-refractivity contribution is 5.67. The van der Waals surface area contributed by atoms with Crippen molar-refractivity contribution in [2.24, 2.45) is 0 Å². The zero-order valence-electron chi connectivity index (χ0n) is 9.97. The Morgan fingerprint density at radius 2 is 1.88 bits per heavy atom. The van der Waals surface area contributed by atoms with Crippen molar-refractivity contribution in [3.05, 3.63) is 36.2 Å². The molecule has 17 heavy (non-hydrogen) atoms. The molecule has 0 saturated carbocycles. The third-order valence-corrected chi connectivity index (χ3v) is 2.56. The third-order valence-electron chi connectivity index (χ3n) is 2.56. The van der Waals surface area contributed by atoms with Gasteiger partial charge in [0.2, 0.25) is 0 Å². The van der Waals surface area contributed by atoms with Crippen LogP contribution in [-0.2, 0) is 0 Å². The Labute approximate surface area is 100 Å². The van der Waals surface area contributed by atoms with E-state index in [1.165, 1.54) is 6.33 Å². The minimum Gasteiger partial charge on any atom is -0.494 e. The van der Waals surface area contributed by atoms with E-state index in [0.29, 0.717) is 12.4 Å². The molecule has 0 unspecified atom stereocenters. The van der Waals surface area contributed by atoms with Gasteiger partial charge in [-0.25, -0.2) is 9.97 Å². The summed E-state index contributed by atoms with van der Waals surface area (Å²) in [7, 11) is 0. The Balaban J connectivity index is 2.36. The van der Waals surface area contributed by atoms with Crippen LogP contribution in [0.5, 0.6) is 5.75 Å². The van der Waals surface area contributed by atoms with Gasteiger partial charge in [0.1, 0.15) is 17.9 Å². The molecule has 0 saturated heterocycles. The van der Waals surface area contributed by atoms with E-state index in [1.807, 2.05) is 38.1 Å². The maximum Gasteiger partial charge on any atom is 0.130 e. The van der Waals surface area contributed by atoms with Crippen LogP contribution in [0, 0.1) is 6.92 Å². The quantitative estimate of drug-likeness (QED) is 0.878. The Bertz CT molecular complexity index is 509. The van der Waals surface area contributed by atoms with Gasteiger partial charge in [-0.3, -0.25) is 0 Å². The number of ether oxygens (including phenoxy) is 1. The number of nitrogen functional groups attached to an aromatic ring is 1. The molecular formula is C13H15N3O. The number of nitrogens with two attached hydrogens (primary N) is 1. The molecule has 1 aromatic carbocycles. The van der Waals surface area contributed by atoms with Crippen LogP contribution in [0.25, 0.3) is 11.3 Å². The van der Waals surface area contributed by atoms with Crippen LogP contribution in [-0.4, -0.2) is 16.6 Å². The average molecular weight is 229 g/mol. The lowest BCUT2D eigenvalue weighted by molar-refractivity contribution is 0.340. The fourth-order valence-electron chi connectivity index (χ4n) is 1.63. The molecule has 2 N–H and O–H groups in total. The van der Waals surface area contributed by atoms with Crippen LogP contribution in [0.3, 0.4) is 0 Å². The van der Waals surface area contributed by atoms with Crippen molar-refractivity contribution >= 4 is 5.82 Å². The van der Waals surface area contributed by atoms with Crippen LogP contribution >= 0.6 is 0 Å². The highest BCUT2D eigenvalue weighted by Gasteiger charge is 2.06. The van der Waals surface area contributed by atoms with E-state index in [0.717, 1.165) is 22.6 Å². The first-order chi connectivity index (χ1) is 8.22. The highest BCUT2D eigenvalue weighted by Crippen LogP contribution is 2.25. The van der Waals surface area contributed by atoms with Gasteiger partial charge < -0.3 is 10.5 Å². The summed E-state index contributed by atoms with van der Waals surface area (Å²) < 4.78 is 5.39. The number of nitrogens with zero attached hydrogens (tertiary/aromatic N) is 2. The van der Waals surface area contributed by atoms with E-state index in [9.17, 15) is 0 Å². The van der Waals surface area contributed by atoms with Crippen LogP contribution < -0.4 is 10.5 Å². The van der Waals surface area contributed by atoms with Crippen LogP contribution in [0.4, 0.5) is 5.82 Å². The molecule has 2 rings (SSSR count). The van der Waals surface area contributed by atoms with Gasteiger partial charge in [0, 0.05) is 11.1 Å². The number of aromatic nitrogens is 2. The highest BCUT2D eigenvalue weighted by atomic mass is 16.5. The summed E-state index contributed by atoms with van der Waals surface area (Å²) in [4.78, 5) is 8.21. The van der Waals surface area contributed by atoms with E-state index in [-0.39, 0.29) is 0 Å². The molecule has 88 valence electrons. The molecule has 0 amide bonds. The molecule has 0 bridgehead atoms. The predicted octanol–water partition coefficient (Wildman–Crippen LogP) is 2.43. The van der Waals surface area contributed by atoms with Crippen molar-refractivity contribution in [1.82, 2.24) is 9.97 Å². The van der Waals surface area contributed by atoms with E-state index in [4.69, 9.17) is 10.5 Å². The normalized spacial score (nSPS) is 10.2. The second kappa shape index (κ2) is 4.82. The molecule has 1 aromatic heterocycles. The first kappa shape index (κ1) is 11.4. The summed E-state index contributed by atoms with van der Waals surface area (Å²) in [5.74, 6) is 1.37. The first-order valence-electron chi connectivity index (χ1n) is 5.52. The number of rotatable bonds is 3. The third kappa shape index (κ3) is 2.36. The SMILES string of the molecule is CCOc1ccc(-c2ncnc(N)c2C)cc1. The Morgan fingerprint density at radius 1 is 1.18 bits per heavy atom. The fraction of sp³-hybridized carbons (Fsp3) is 0.231. The maximum atomic E-state index is 5.76. The Kier molecular flexibility index (Phi) is 3.23. The van der Waals surface area contributed by atoms with E-state index in [1.54, 1.807) is 0 Å². The summed E-state index contributed by atoms with van der Waals surface area (Å²) in [6, 6.07) is 7.80. The molecule has 0 spiro atoms. The molecular weight excluding hydrogens is 214 g/mol. The first-order valence-corrected chi connectivity index (χ1v) is 5.52. The van der Waals surface area contributed by atoms with Crippen molar-refractivity contribution in [3.8, 4) is 17.0 Å². The molecule has 4 nitrogen and oxygen atoms in total. The molecule has 0 aliphatic heterocycles.